The largest absolute Gasteiger partial charge is 0.486 e. The van der Waals surface area contributed by atoms with E-state index in [1.54, 1.807) is 12.4 Å². The van der Waals surface area contributed by atoms with Gasteiger partial charge < -0.3 is 14.4 Å². The molecule has 2 aliphatic heterocycles. The van der Waals surface area contributed by atoms with Gasteiger partial charge in [0.2, 0.25) is 0 Å². The number of pyridine rings is 1. The lowest BCUT2D eigenvalue weighted by molar-refractivity contribution is -0.0455. The van der Waals surface area contributed by atoms with E-state index in [9.17, 15) is 0 Å². The van der Waals surface area contributed by atoms with Gasteiger partial charge in [0.15, 0.2) is 0 Å². The molecule has 0 saturated carbocycles. The number of likely N-dealkylation sites (tertiary alicyclic amines) is 1. The number of hydrogen-bond acceptors (Lipinski definition) is 4. The van der Waals surface area contributed by atoms with Crippen molar-refractivity contribution in [3.63, 3.8) is 0 Å². The topological polar surface area (TPSA) is 34.6 Å². The highest BCUT2D eigenvalue weighted by Crippen LogP contribution is 2.37. The SMILES string of the molecule is CC(C)CN1CCC2(CC1)CC(Oc1cccnc1)CO2. The van der Waals surface area contributed by atoms with Gasteiger partial charge in [-0.25, -0.2) is 0 Å². The monoisotopic (exact) mass is 290 g/mol. The Balaban J connectivity index is 1.50. The lowest BCUT2D eigenvalue weighted by Crippen LogP contribution is -2.45. The quantitative estimate of drug-likeness (QED) is 0.854. The molecule has 0 bridgehead atoms. The highest BCUT2D eigenvalue weighted by atomic mass is 16.6. The predicted octanol–water partition coefficient (Wildman–Crippen LogP) is 2.74. The van der Waals surface area contributed by atoms with Gasteiger partial charge in [0.05, 0.1) is 18.4 Å². The molecule has 4 nitrogen and oxygen atoms in total. The molecule has 4 heteroatoms. The van der Waals surface area contributed by atoms with Crippen LogP contribution in [0.1, 0.15) is 33.1 Å². The van der Waals surface area contributed by atoms with E-state index in [0.717, 1.165) is 44.0 Å². The molecule has 3 heterocycles. The molecule has 1 atom stereocenters. The third kappa shape index (κ3) is 3.74. The maximum atomic E-state index is 6.15. The number of ether oxygens (including phenoxy) is 2. The molecular formula is C17H26N2O2. The van der Waals surface area contributed by atoms with Crippen LogP contribution >= 0.6 is 0 Å². The van der Waals surface area contributed by atoms with E-state index >= 15 is 0 Å². The summed E-state index contributed by atoms with van der Waals surface area (Å²) in [4.78, 5) is 6.66. The lowest BCUT2D eigenvalue weighted by atomic mass is 9.87. The van der Waals surface area contributed by atoms with Crippen molar-refractivity contribution in [2.45, 2.75) is 44.8 Å². The van der Waals surface area contributed by atoms with Crippen LogP contribution in [0.2, 0.25) is 0 Å². The molecule has 21 heavy (non-hydrogen) atoms. The van der Waals surface area contributed by atoms with Gasteiger partial charge in [0.1, 0.15) is 11.9 Å². The average molecular weight is 290 g/mol. The van der Waals surface area contributed by atoms with Crippen LogP contribution in [0.5, 0.6) is 5.75 Å². The molecule has 2 fully saturated rings. The Morgan fingerprint density at radius 1 is 1.43 bits per heavy atom. The van der Waals surface area contributed by atoms with Crippen LogP contribution in [-0.2, 0) is 4.74 Å². The maximum Gasteiger partial charge on any atom is 0.138 e. The normalized spacial score (nSPS) is 25.6. The minimum Gasteiger partial charge on any atom is -0.486 e. The molecule has 1 aromatic heterocycles. The molecule has 0 N–H and O–H groups in total. The third-order valence-electron chi connectivity index (χ3n) is 4.50. The molecule has 1 aromatic rings. The second-order valence-electron chi connectivity index (χ2n) is 6.82. The third-order valence-corrected chi connectivity index (χ3v) is 4.50. The number of hydrogen-bond donors (Lipinski definition) is 0. The van der Waals surface area contributed by atoms with Gasteiger partial charge in [-0.05, 0) is 30.9 Å². The maximum absolute atomic E-state index is 6.15. The summed E-state index contributed by atoms with van der Waals surface area (Å²) < 4.78 is 12.1. The smallest absolute Gasteiger partial charge is 0.138 e. The zero-order chi connectivity index (χ0) is 14.7. The van der Waals surface area contributed by atoms with Crippen LogP contribution in [0.3, 0.4) is 0 Å². The zero-order valence-corrected chi connectivity index (χ0v) is 13.1. The lowest BCUT2D eigenvalue weighted by Gasteiger charge is -2.39. The van der Waals surface area contributed by atoms with E-state index in [-0.39, 0.29) is 11.7 Å². The van der Waals surface area contributed by atoms with E-state index in [2.05, 4.69) is 23.7 Å². The molecule has 0 aromatic carbocycles. The fourth-order valence-electron chi connectivity index (χ4n) is 3.50. The van der Waals surface area contributed by atoms with Crippen LogP contribution in [0.4, 0.5) is 0 Å². The van der Waals surface area contributed by atoms with E-state index in [1.807, 2.05) is 12.1 Å². The Hall–Kier alpha value is -1.13. The van der Waals surface area contributed by atoms with Crippen molar-refractivity contribution in [3.8, 4) is 5.75 Å². The van der Waals surface area contributed by atoms with Gasteiger partial charge in [0, 0.05) is 32.3 Å². The number of rotatable bonds is 4. The summed E-state index contributed by atoms with van der Waals surface area (Å²) in [6, 6.07) is 3.87. The van der Waals surface area contributed by atoms with Gasteiger partial charge in [0.25, 0.3) is 0 Å². The fraction of sp³-hybridized carbons (Fsp3) is 0.706. The van der Waals surface area contributed by atoms with Crippen molar-refractivity contribution < 1.29 is 9.47 Å². The van der Waals surface area contributed by atoms with E-state index < -0.39 is 0 Å². The van der Waals surface area contributed by atoms with E-state index in [1.165, 1.54) is 6.54 Å². The molecule has 2 aliphatic rings. The van der Waals surface area contributed by atoms with Crippen LogP contribution < -0.4 is 4.74 Å². The summed E-state index contributed by atoms with van der Waals surface area (Å²) >= 11 is 0. The second kappa shape index (κ2) is 6.32. The van der Waals surface area contributed by atoms with Crippen molar-refractivity contribution in [1.29, 1.82) is 0 Å². The van der Waals surface area contributed by atoms with Crippen molar-refractivity contribution in [2.75, 3.05) is 26.2 Å². The first kappa shape index (κ1) is 14.8. The molecule has 116 valence electrons. The van der Waals surface area contributed by atoms with Crippen molar-refractivity contribution in [2.24, 2.45) is 5.92 Å². The Morgan fingerprint density at radius 3 is 2.90 bits per heavy atom. The van der Waals surface area contributed by atoms with E-state index in [4.69, 9.17) is 9.47 Å². The minimum atomic E-state index is 0.0559. The second-order valence-corrected chi connectivity index (χ2v) is 6.82. The Labute approximate surface area is 127 Å². The highest BCUT2D eigenvalue weighted by Gasteiger charge is 2.43. The van der Waals surface area contributed by atoms with Gasteiger partial charge in [-0.2, -0.15) is 0 Å². The van der Waals surface area contributed by atoms with Crippen molar-refractivity contribution in [3.05, 3.63) is 24.5 Å². The van der Waals surface area contributed by atoms with Gasteiger partial charge in [-0.1, -0.05) is 13.8 Å². The Bertz CT molecular complexity index is 441. The highest BCUT2D eigenvalue weighted by molar-refractivity contribution is 5.16. The average Bonchev–Trinajstić information content (AvgIpc) is 2.85. The van der Waals surface area contributed by atoms with Gasteiger partial charge in [-0.15, -0.1) is 0 Å². The molecule has 3 rings (SSSR count). The molecule has 0 amide bonds. The van der Waals surface area contributed by atoms with E-state index in [0.29, 0.717) is 6.61 Å². The summed E-state index contributed by atoms with van der Waals surface area (Å²) in [5.74, 6) is 1.59. The summed E-state index contributed by atoms with van der Waals surface area (Å²) in [6.45, 7) is 8.78. The zero-order valence-electron chi connectivity index (χ0n) is 13.1. The summed E-state index contributed by atoms with van der Waals surface area (Å²) in [7, 11) is 0. The minimum absolute atomic E-state index is 0.0559. The fourth-order valence-corrected chi connectivity index (χ4v) is 3.50. The standard InChI is InChI=1S/C17H26N2O2/c1-14(2)12-19-8-5-17(6-9-19)10-16(13-20-17)21-15-4-3-7-18-11-15/h3-4,7,11,14,16H,5-6,8-10,12-13H2,1-2H3. The first-order chi connectivity index (χ1) is 10.2. The van der Waals surface area contributed by atoms with Gasteiger partial charge >= 0.3 is 0 Å². The van der Waals surface area contributed by atoms with Crippen LogP contribution in [-0.4, -0.2) is 47.8 Å². The number of piperidine rings is 1. The Morgan fingerprint density at radius 2 is 2.24 bits per heavy atom. The molecule has 0 aliphatic carbocycles. The summed E-state index contributed by atoms with van der Waals surface area (Å²) in [5, 5.41) is 0. The number of aromatic nitrogens is 1. The van der Waals surface area contributed by atoms with Crippen molar-refractivity contribution in [1.82, 2.24) is 9.88 Å². The first-order valence-electron chi connectivity index (χ1n) is 8.08. The first-order valence-corrected chi connectivity index (χ1v) is 8.08. The van der Waals surface area contributed by atoms with Crippen molar-refractivity contribution >= 4 is 0 Å². The molecule has 0 radical (unpaired) electrons. The molecule has 2 saturated heterocycles. The predicted molar refractivity (Wildman–Crippen MR) is 82.5 cm³/mol. The summed E-state index contributed by atoms with van der Waals surface area (Å²) in [6.07, 6.45) is 6.99. The molecular weight excluding hydrogens is 264 g/mol. The summed E-state index contributed by atoms with van der Waals surface area (Å²) in [5.41, 5.74) is 0.0559. The van der Waals surface area contributed by atoms with Crippen LogP contribution in [0.15, 0.2) is 24.5 Å². The van der Waals surface area contributed by atoms with Crippen LogP contribution in [0, 0.1) is 5.92 Å². The Kier molecular flexibility index (Phi) is 4.45. The molecule has 1 spiro atoms. The van der Waals surface area contributed by atoms with Gasteiger partial charge in [-0.3, -0.25) is 4.98 Å². The number of nitrogens with zero attached hydrogens (tertiary/aromatic N) is 2. The van der Waals surface area contributed by atoms with Crippen LogP contribution in [0.25, 0.3) is 0 Å². The molecule has 1 unspecified atom stereocenters.